The van der Waals surface area contributed by atoms with Gasteiger partial charge in [-0.05, 0) is 34.5 Å². The predicted octanol–water partition coefficient (Wildman–Crippen LogP) is 4.59. The molecule has 3 rings (SSSR count). The standard InChI is InChI=1S/C15H12BrF2N3/c1-8-6-12-20-13(15(19)21(12)7-11(8)16)9-2-4-10(5-3-9)14(17)18/h2-7,14H,19H2,1H3. The first-order chi connectivity index (χ1) is 9.97. The lowest BCUT2D eigenvalue weighted by Gasteiger charge is -2.03. The summed E-state index contributed by atoms with van der Waals surface area (Å²) in [4.78, 5) is 4.49. The number of alkyl halides is 2. The van der Waals surface area contributed by atoms with E-state index in [-0.39, 0.29) is 5.56 Å². The molecule has 3 nitrogen and oxygen atoms in total. The van der Waals surface area contributed by atoms with Crippen LogP contribution in [0.5, 0.6) is 0 Å². The number of imidazole rings is 1. The van der Waals surface area contributed by atoms with Gasteiger partial charge in [-0.1, -0.05) is 24.3 Å². The van der Waals surface area contributed by atoms with Crippen LogP contribution in [0.3, 0.4) is 0 Å². The van der Waals surface area contributed by atoms with E-state index in [1.165, 1.54) is 12.1 Å². The molecule has 108 valence electrons. The Hall–Kier alpha value is -1.95. The summed E-state index contributed by atoms with van der Waals surface area (Å²) >= 11 is 3.45. The quantitative estimate of drug-likeness (QED) is 0.733. The van der Waals surface area contributed by atoms with Crippen molar-refractivity contribution in [2.45, 2.75) is 13.3 Å². The monoisotopic (exact) mass is 351 g/mol. The minimum absolute atomic E-state index is 0.0142. The largest absolute Gasteiger partial charge is 0.383 e. The second-order valence-corrected chi connectivity index (χ2v) is 5.66. The first-order valence-electron chi connectivity index (χ1n) is 6.29. The highest BCUT2D eigenvalue weighted by Crippen LogP contribution is 2.30. The molecule has 0 radical (unpaired) electrons. The topological polar surface area (TPSA) is 43.3 Å². The Morgan fingerprint density at radius 1 is 1.24 bits per heavy atom. The summed E-state index contributed by atoms with van der Waals surface area (Å²) in [7, 11) is 0. The SMILES string of the molecule is Cc1cc2nc(-c3ccc(C(F)F)cc3)c(N)n2cc1Br. The van der Waals surface area contributed by atoms with Crippen LogP contribution >= 0.6 is 15.9 Å². The molecule has 0 atom stereocenters. The summed E-state index contributed by atoms with van der Waals surface area (Å²) in [6.45, 7) is 1.96. The van der Waals surface area contributed by atoms with E-state index in [1.807, 2.05) is 19.2 Å². The molecule has 0 amide bonds. The van der Waals surface area contributed by atoms with E-state index in [2.05, 4.69) is 20.9 Å². The number of hydrogen-bond acceptors (Lipinski definition) is 2. The molecule has 6 heteroatoms. The number of fused-ring (bicyclic) bond motifs is 1. The molecule has 1 aromatic carbocycles. The van der Waals surface area contributed by atoms with Gasteiger partial charge in [-0.2, -0.15) is 0 Å². The molecular formula is C15H12BrF2N3. The number of halogens is 3. The van der Waals surface area contributed by atoms with Crippen LogP contribution in [0.2, 0.25) is 0 Å². The summed E-state index contributed by atoms with van der Waals surface area (Å²) in [5, 5.41) is 0. The zero-order valence-electron chi connectivity index (χ0n) is 11.1. The van der Waals surface area contributed by atoms with Crippen LogP contribution in [0.15, 0.2) is 41.0 Å². The van der Waals surface area contributed by atoms with Gasteiger partial charge in [0.15, 0.2) is 0 Å². The fraction of sp³-hybridized carbons (Fsp3) is 0.133. The van der Waals surface area contributed by atoms with Gasteiger partial charge in [0.05, 0.1) is 0 Å². The number of aryl methyl sites for hydroxylation is 1. The summed E-state index contributed by atoms with van der Waals surface area (Å²) in [5.74, 6) is 0.482. The first-order valence-corrected chi connectivity index (χ1v) is 7.09. The highest BCUT2D eigenvalue weighted by atomic mass is 79.9. The fourth-order valence-corrected chi connectivity index (χ4v) is 2.50. The number of nitrogens with two attached hydrogens (primary N) is 1. The molecule has 21 heavy (non-hydrogen) atoms. The molecule has 0 aliphatic rings. The van der Waals surface area contributed by atoms with Gasteiger partial charge in [0.25, 0.3) is 6.43 Å². The van der Waals surface area contributed by atoms with Crippen molar-refractivity contribution in [3.63, 3.8) is 0 Å². The maximum Gasteiger partial charge on any atom is 0.263 e. The number of nitrogen functional groups attached to an aromatic ring is 1. The normalized spacial score (nSPS) is 11.5. The lowest BCUT2D eigenvalue weighted by Crippen LogP contribution is -1.95. The minimum atomic E-state index is -2.48. The van der Waals surface area contributed by atoms with E-state index in [9.17, 15) is 8.78 Å². The second kappa shape index (κ2) is 5.11. The van der Waals surface area contributed by atoms with Crippen molar-refractivity contribution in [3.8, 4) is 11.3 Å². The average Bonchev–Trinajstić information content (AvgIpc) is 2.77. The minimum Gasteiger partial charge on any atom is -0.383 e. The van der Waals surface area contributed by atoms with Crippen molar-refractivity contribution < 1.29 is 8.78 Å². The number of benzene rings is 1. The molecule has 0 unspecified atom stereocenters. The fourth-order valence-electron chi connectivity index (χ4n) is 2.18. The Morgan fingerprint density at radius 2 is 1.90 bits per heavy atom. The van der Waals surface area contributed by atoms with Gasteiger partial charge in [-0.25, -0.2) is 13.8 Å². The molecule has 0 aliphatic carbocycles. The third-order valence-electron chi connectivity index (χ3n) is 3.38. The Kier molecular flexibility index (Phi) is 3.41. The van der Waals surface area contributed by atoms with Crippen LogP contribution < -0.4 is 5.73 Å². The maximum absolute atomic E-state index is 12.6. The van der Waals surface area contributed by atoms with Gasteiger partial charge in [0.1, 0.15) is 17.2 Å². The molecule has 2 aromatic heterocycles. The van der Waals surface area contributed by atoms with Crippen LogP contribution in [0.4, 0.5) is 14.6 Å². The molecule has 0 bridgehead atoms. The van der Waals surface area contributed by atoms with E-state index in [1.54, 1.807) is 16.5 Å². The van der Waals surface area contributed by atoms with Crippen LogP contribution in [-0.2, 0) is 0 Å². The van der Waals surface area contributed by atoms with Crippen LogP contribution in [0.25, 0.3) is 16.9 Å². The Balaban J connectivity index is 2.14. The van der Waals surface area contributed by atoms with Crippen molar-refractivity contribution in [1.29, 1.82) is 0 Å². The smallest absolute Gasteiger partial charge is 0.263 e. The maximum atomic E-state index is 12.6. The summed E-state index contributed by atoms with van der Waals surface area (Å²) in [5.41, 5.74) is 9.18. The third kappa shape index (κ3) is 2.40. The van der Waals surface area contributed by atoms with Crippen molar-refractivity contribution in [3.05, 3.63) is 52.1 Å². The molecule has 0 saturated carbocycles. The third-order valence-corrected chi connectivity index (χ3v) is 4.21. The Bertz CT molecular complexity index is 810. The second-order valence-electron chi connectivity index (χ2n) is 4.80. The molecule has 3 aromatic rings. The van der Waals surface area contributed by atoms with Gasteiger partial charge < -0.3 is 5.73 Å². The summed E-state index contributed by atoms with van der Waals surface area (Å²) in [6, 6.07) is 7.93. The van der Waals surface area contributed by atoms with Crippen molar-refractivity contribution in [1.82, 2.24) is 9.38 Å². The van der Waals surface area contributed by atoms with Crippen molar-refractivity contribution in [2.75, 3.05) is 5.73 Å². The number of anilines is 1. The van der Waals surface area contributed by atoms with Gasteiger partial charge in [-0.3, -0.25) is 4.40 Å². The molecule has 0 saturated heterocycles. The Morgan fingerprint density at radius 3 is 2.52 bits per heavy atom. The molecule has 0 aliphatic heterocycles. The van der Waals surface area contributed by atoms with E-state index < -0.39 is 6.43 Å². The van der Waals surface area contributed by atoms with Crippen LogP contribution in [0, 0.1) is 6.92 Å². The van der Waals surface area contributed by atoms with E-state index in [4.69, 9.17) is 5.73 Å². The van der Waals surface area contributed by atoms with Crippen molar-refractivity contribution >= 4 is 27.4 Å². The van der Waals surface area contributed by atoms with Gasteiger partial charge >= 0.3 is 0 Å². The number of nitrogens with zero attached hydrogens (tertiary/aromatic N) is 2. The molecule has 0 spiro atoms. The zero-order chi connectivity index (χ0) is 15.1. The predicted molar refractivity (Wildman–Crippen MR) is 82.4 cm³/mol. The first kappa shape index (κ1) is 14.0. The summed E-state index contributed by atoms with van der Waals surface area (Å²) < 4.78 is 27.9. The number of rotatable bonds is 2. The average molecular weight is 352 g/mol. The van der Waals surface area contributed by atoms with Crippen LogP contribution in [0.1, 0.15) is 17.6 Å². The van der Waals surface area contributed by atoms with E-state index in [0.29, 0.717) is 11.5 Å². The lowest BCUT2D eigenvalue weighted by atomic mass is 10.1. The van der Waals surface area contributed by atoms with Gasteiger partial charge in [0.2, 0.25) is 0 Å². The highest BCUT2D eigenvalue weighted by Gasteiger charge is 2.13. The summed E-state index contributed by atoms with van der Waals surface area (Å²) in [6.07, 6.45) is -0.625. The molecule has 2 N–H and O–H groups in total. The van der Waals surface area contributed by atoms with Crippen molar-refractivity contribution in [2.24, 2.45) is 0 Å². The lowest BCUT2D eigenvalue weighted by molar-refractivity contribution is 0.151. The Labute approximate surface area is 128 Å². The zero-order valence-corrected chi connectivity index (χ0v) is 12.7. The molecular weight excluding hydrogens is 340 g/mol. The molecule has 2 heterocycles. The van der Waals surface area contributed by atoms with E-state index >= 15 is 0 Å². The molecule has 0 fully saturated rings. The van der Waals surface area contributed by atoms with Crippen LogP contribution in [-0.4, -0.2) is 9.38 Å². The number of hydrogen-bond donors (Lipinski definition) is 1. The number of pyridine rings is 1. The van der Waals surface area contributed by atoms with Gasteiger partial charge in [-0.15, -0.1) is 0 Å². The van der Waals surface area contributed by atoms with Gasteiger partial charge in [0, 0.05) is 21.8 Å². The number of aromatic nitrogens is 2. The highest BCUT2D eigenvalue weighted by molar-refractivity contribution is 9.10. The van der Waals surface area contributed by atoms with E-state index in [0.717, 1.165) is 21.2 Å².